The minimum absolute atomic E-state index is 0.153. The van der Waals surface area contributed by atoms with Crippen LogP contribution < -0.4 is 0 Å². The summed E-state index contributed by atoms with van der Waals surface area (Å²) in [4.78, 5) is 12.6. The van der Waals surface area contributed by atoms with Crippen LogP contribution in [0, 0.1) is 11.5 Å². The number of nitrogens with zero attached hydrogens (tertiary/aromatic N) is 1. The van der Waals surface area contributed by atoms with Crippen molar-refractivity contribution in [3.05, 3.63) is 0 Å². The predicted octanol–water partition coefficient (Wildman–Crippen LogP) is 1.11. The summed E-state index contributed by atoms with van der Waals surface area (Å²) in [6.07, 6.45) is 1.65. The lowest BCUT2D eigenvalue weighted by atomic mass is 10.2. The van der Waals surface area contributed by atoms with Crippen LogP contribution in [0.3, 0.4) is 0 Å². The van der Waals surface area contributed by atoms with Gasteiger partial charge in [-0.05, 0) is 0 Å². The van der Waals surface area contributed by atoms with Gasteiger partial charge in [0.05, 0.1) is 19.3 Å². The van der Waals surface area contributed by atoms with Crippen molar-refractivity contribution in [3.63, 3.8) is 0 Å². The first kappa shape index (κ1) is 12.3. The number of rotatable bonds is 2. The van der Waals surface area contributed by atoms with Crippen molar-refractivity contribution < 1.29 is 9.53 Å². The van der Waals surface area contributed by atoms with Gasteiger partial charge in [-0.2, -0.15) is 0 Å². The van der Waals surface area contributed by atoms with Crippen LogP contribution in [-0.4, -0.2) is 45.2 Å². The molecule has 0 aromatic rings. The van der Waals surface area contributed by atoms with Crippen LogP contribution in [0.25, 0.3) is 0 Å². The Kier molecular flexibility index (Phi) is 4.37. The maximum atomic E-state index is 10.8. The molecular formula is C11H19NO2Si. The van der Waals surface area contributed by atoms with Crippen LogP contribution >= 0.6 is 0 Å². The summed E-state index contributed by atoms with van der Waals surface area (Å²) in [5.74, 6) is 3.19. The third-order valence-corrected chi connectivity index (χ3v) is 3.14. The Morgan fingerprint density at radius 3 is 2.87 bits per heavy atom. The van der Waals surface area contributed by atoms with Gasteiger partial charge in [0.25, 0.3) is 0 Å². The van der Waals surface area contributed by atoms with Gasteiger partial charge in [-0.25, -0.2) is 0 Å². The summed E-state index contributed by atoms with van der Waals surface area (Å²) < 4.78 is 5.34. The van der Waals surface area contributed by atoms with Crippen LogP contribution in [0.15, 0.2) is 0 Å². The van der Waals surface area contributed by atoms with Crippen molar-refractivity contribution in [3.8, 4) is 11.5 Å². The monoisotopic (exact) mass is 225 g/mol. The molecule has 1 saturated heterocycles. The summed E-state index contributed by atoms with van der Waals surface area (Å²) >= 11 is 0. The van der Waals surface area contributed by atoms with Gasteiger partial charge in [-0.1, -0.05) is 19.6 Å². The van der Waals surface area contributed by atoms with E-state index in [9.17, 15) is 4.79 Å². The Morgan fingerprint density at radius 2 is 2.27 bits per heavy atom. The van der Waals surface area contributed by atoms with E-state index in [0.717, 1.165) is 12.8 Å². The predicted molar refractivity (Wildman–Crippen MR) is 63.1 cm³/mol. The van der Waals surface area contributed by atoms with Crippen LogP contribution in [0.5, 0.6) is 0 Å². The Bertz CT molecular complexity index is 275. The fourth-order valence-electron chi connectivity index (χ4n) is 1.42. The van der Waals surface area contributed by atoms with Gasteiger partial charge in [0, 0.05) is 13.0 Å². The molecule has 0 N–H and O–H groups in total. The van der Waals surface area contributed by atoms with E-state index in [1.807, 2.05) is 0 Å². The molecule has 1 rings (SSSR count). The second kappa shape index (κ2) is 5.33. The fourth-order valence-corrected chi connectivity index (χ4v) is 2.05. The van der Waals surface area contributed by atoms with E-state index < -0.39 is 8.07 Å². The average molecular weight is 225 g/mol. The van der Waals surface area contributed by atoms with E-state index >= 15 is 0 Å². The van der Waals surface area contributed by atoms with E-state index in [2.05, 4.69) is 31.1 Å². The standard InChI is InChI=1S/C11H19NO2Si/c1-15(2,3)8-4-5-11-9-14-7-6-12(11)10-13/h10-11H,5-7,9H2,1-3H3. The highest BCUT2D eigenvalue weighted by Gasteiger charge is 2.20. The first-order valence-electron chi connectivity index (χ1n) is 5.32. The molecule has 1 unspecified atom stereocenters. The molecule has 1 atom stereocenters. The van der Waals surface area contributed by atoms with Gasteiger partial charge in [0.15, 0.2) is 0 Å². The molecule has 1 aliphatic heterocycles. The molecule has 0 saturated carbocycles. The first-order valence-corrected chi connectivity index (χ1v) is 8.82. The highest BCUT2D eigenvalue weighted by atomic mass is 28.3. The van der Waals surface area contributed by atoms with Crippen molar-refractivity contribution in [1.82, 2.24) is 4.90 Å². The molecule has 1 amide bonds. The van der Waals surface area contributed by atoms with Gasteiger partial charge in [-0.15, -0.1) is 11.5 Å². The SMILES string of the molecule is C[Si](C)(C)C#CCC1COCCN1C=O. The lowest BCUT2D eigenvalue weighted by molar-refractivity contribution is -0.125. The van der Waals surface area contributed by atoms with Crippen molar-refractivity contribution in [2.24, 2.45) is 0 Å². The molecule has 0 aromatic heterocycles. The second-order valence-electron chi connectivity index (χ2n) is 4.83. The number of hydrogen-bond donors (Lipinski definition) is 0. The number of morpholine rings is 1. The fraction of sp³-hybridized carbons (Fsp3) is 0.727. The Hall–Kier alpha value is -0.793. The van der Waals surface area contributed by atoms with Crippen molar-refractivity contribution in [1.29, 1.82) is 0 Å². The highest BCUT2D eigenvalue weighted by molar-refractivity contribution is 6.83. The summed E-state index contributed by atoms with van der Waals surface area (Å²) in [5.41, 5.74) is 3.30. The molecule has 1 fully saturated rings. The Labute approximate surface area is 92.8 Å². The first-order chi connectivity index (χ1) is 7.03. The van der Waals surface area contributed by atoms with Gasteiger partial charge in [-0.3, -0.25) is 4.79 Å². The van der Waals surface area contributed by atoms with E-state index in [4.69, 9.17) is 4.74 Å². The maximum absolute atomic E-state index is 10.8. The van der Waals surface area contributed by atoms with Crippen LogP contribution in [0.1, 0.15) is 6.42 Å². The van der Waals surface area contributed by atoms with Crippen LogP contribution in [0.2, 0.25) is 19.6 Å². The summed E-state index contributed by atoms with van der Waals surface area (Å²) in [6, 6.07) is 0.153. The molecular weight excluding hydrogens is 206 g/mol. The van der Waals surface area contributed by atoms with Crippen LogP contribution in [0.4, 0.5) is 0 Å². The third kappa shape index (κ3) is 4.50. The lowest BCUT2D eigenvalue weighted by Crippen LogP contribution is -2.44. The van der Waals surface area contributed by atoms with E-state index in [-0.39, 0.29) is 6.04 Å². The molecule has 1 heterocycles. The number of amides is 1. The molecule has 0 aliphatic carbocycles. The molecule has 4 heteroatoms. The summed E-state index contributed by atoms with van der Waals surface area (Å²) in [5, 5.41) is 0. The molecule has 0 radical (unpaired) electrons. The maximum Gasteiger partial charge on any atom is 0.210 e. The molecule has 15 heavy (non-hydrogen) atoms. The number of ether oxygens (including phenoxy) is 1. The van der Waals surface area contributed by atoms with Crippen molar-refractivity contribution in [2.45, 2.75) is 32.1 Å². The lowest BCUT2D eigenvalue weighted by Gasteiger charge is -2.31. The molecule has 84 valence electrons. The largest absolute Gasteiger partial charge is 0.377 e. The van der Waals surface area contributed by atoms with Gasteiger partial charge < -0.3 is 9.64 Å². The third-order valence-electron chi connectivity index (χ3n) is 2.21. The van der Waals surface area contributed by atoms with Gasteiger partial charge in [0.2, 0.25) is 6.41 Å². The zero-order chi connectivity index (χ0) is 11.3. The summed E-state index contributed by atoms with van der Waals surface area (Å²) in [7, 11) is -1.28. The van der Waals surface area contributed by atoms with Gasteiger partial charge in [0.1, 0.15) is 8.07 Å². The minimum Gasteiger partial charge on any atom is -0.377 e. The number of hydrogen-bond acceptors (Lipinski definition) is 2. The molecule has 0 aromatic carbocycles. The topological polar surface area (TPSA) is 29.5 Å². The smallest absolute Gasteiger partial charge is 0.210 e. The number of carbonyl (C=O) groups excluding carboxylic acids is 1. The highest BCUT2D eigenvalue weighted by Crippen LogP contribution is 2.07. The zero-order valence-corrected chi connectivity index (χ0v) is 10.7. The minimum atomic E-state index is -1.28. The average Bonchev–Trinajstić information content (AvgIpc) is 2.16. The Balaban J connectivity index is 2.48. The Morgan fingerprint density at radius 1 is 1.53 bits per heavy atom. The zero-order valence-electron chi connectivity index (χ0n) is 9.75. The number of carbonyl (C=O) groups is 1. The van der Waals surface area contributed by atoms with Gasteiger partial charge >= 0.3 is 0 Å². The quantitative estimate of drug-likeness (QED) is 0.400. The normalized spacial score (nSPS) is 21.8. The molecule has 3 nitrogen and oxygen atoms in total. The second-order valence-corrected chi connectivity index (χ2v) is 9.58. The molecule has 0 spiro atoms. The van der Waals surface area contributed by atoms with Crippen LogP contribution in [-0.2, 0) is 9.53 Å². The van der Waals surface area contributed by atoms with E-state index in [0.29, 0.717) is 19.8 Å². The summed E-state index contributed by atoms with van der Waals surface area (Å²) in [6.45, 7) is 8.62. The molecule has 0 bridgehead atoms. The van der Waals surface area contributed by atoms with Crippen molar-refractivity contribution >= 4 is 14.5 Å². The van der Waals surface area contributed by atoms with E-state index in [1.54, 1.807) is 4.90 Å². The van der Waals surface area contributed by atoms with Crippen molar-refractivity contribution in [2.75, 3.05) is 19.8 Å². The molecule has 1 aliphatic rings. The van der Waals surface area contributed by atoms with E-state index in [1.165, 1.54) is 0 Å².